The largest absolute Gasteiger partial charge is 0.454 e. The number of anilines is 1. The number of benzene rings is 2. The summed E-state index contributed by atoms with van der Waals surface area (Å²) in [5.41, 5.74) is 2.95. The van der Waals surface area contributed by atoms with Gasteiger partial charge in [0.15, 0.2) is 16.7 Å². The summed E-state index contributed by atoms with van der Waals surface area (Å²) in [7, 11) is 0. The van der Waals surface area contributed by atoms with Crippen LogP contribution in [0.15, 0.2) is 53.2 Å². The molecule has 3 heterocycles. The number of fused-ring (bicyclic) bond motifs is 1. The van der Waals surface area contributed by atoms with Crippen LogP contribution in [0.3, 0.4) is 0 Å². The van der Waals surface area contributed by atoms with Gasteiger partial charge in [0.1, 0.15) is 5.70 Å². The number of hydrogen-bond donors (Lipinski definition) is 0. The summed E-state index contributed by atoms with van der Waals surface area (Å²) in [5.74, 6) is 1.45. The van der Waals surface area contributed by atoms with Crippen LogP contribution in [0.25, 0.3) is 6.08 Å². The van der Waals surface area contributed by atoms with E-state index < -0.39 is 0 Å². The van der Waals surface area contributed by atoms with Crippen LogP contribution in [-0.4, -0.2) is 47.5 Å². The number of carbonyl (C=O) groups excluding carboxylic acids is 2. The SMILES string of the molecule is Cc1ccc(N2C(=O)/C(=C\c3ccc4c(c3)OCO4)N=C2SCC(=O)N2CCCC2)cc1. The number of aliphatic imine (C=N–C) groups is 1. The van der Waals surface area contributed by atoms with Crippen molar-refractivity contribution in [3.8, 4) is 11.5 Å². The Morgan fingerprint density at radius 1 is 1.09 bits per heavy atom. The highest BCUT2D eigenvalue weighted by Gasteiger charge is 2.33. The quantitative estimate of drug-likeness (QED) is 0.664. The monoisotopic (exact) mass is 449 g/mol. The number of rotatable bonds is 4. The van der Waals surface area contributed by atoms with Gasteiger partial charge in [-0.15, -0.1) is 0 Å². The molecule has 3 aliphatic rings. The van der Waals surface area contributed by atoms with Crippen molar-refractivity contribution in [1.82, 2.24) is 4.90 Å². The zero-order valence-corrected chi connectivity index (χ0v) is 18.6. The Balaban J connectivity index is 1.42. The first-order chi connectivity index (χ1) is 15.6. The number of ether oxygens (including phenoxy) is 2. The molecule has 2 aromatic rings. The fourth-order valence-electron chi connectivity index (χ4n) is 3.86. The lowest BCUT2D eigenvalue weighted by atomic mass is 10.1. The van der Waals surface area contributed by atoms with E-state index in [0.717, 1.165) is 42.7 Å². The molecule has 0 saturated carbocycles. The predicted octanol–water partition coefficient (Wildman–Crippen LogP) is 3.82. The third kappa shape index (κ3) is 4.10. The first-order valence-electron chi connectivity index (χ1n) is 10.6. The maximum atomic E-state index is 13.3. The van der Waals surface area contributed by atoms with Gasteiger partial charge >= 0.3 is 0 Å². The van der Waals surface area contributed by atoms with Crippen LogP contribution < -0.4 is 14.4 Å². The zero-order valence-electron chi connectivity index (χ0n) is 17.7. The lowest BCUT2D eigenvalue weighted by molar-refractivity contribution is -0.127. The molecule has 5 rings (SSSR count). The number of hydrogen-bond acceptors (Lipinski definition) is 6. The van der Waals surface area contributed by atoms with Crippen molar-refractivity contribution in [3.05, 3.63) is 59.3 Å². The summed E-state index contributed by atoms with van der Waals surface area (Å²) in [6.45, 7) is 3.81. The number of thioether (sulfide) groups is 1. The topological polar surface area (TPSA) is 71.4 Å². The fraction of sp³-hybridized carbons (Fsp3) is 0.292. The van der Waals surface area contributed by atoms with Crippen molar-refractivity contribution < 1.29 is 19.1 Å². The summed E-state index contributed by atoms with van der Waals surface area (Å²) < 4.78 is 10.8. The summed E-state index contributed by atoms with van der Waals surface area (Å²) in [6.07, 6.45) is 3.84. The van der Waals surface area contributed by atoms with Crippen LogP contribution in [0.2, 0.25) is 0 Å². The Bertz CT molecular complexity index is 1120. The molecule has 1 saturated heterocycles. The molecule has 0 atom stereocenters. The molecule has 1 fully saturated rings. The van der Waals surface area contributed by atoms with Gasteiger partial charge in [0.05, 0.1) is 11.4 Å². The third-order valence-electron chi connectivity index (χ3n) is 5.61. The molecule has 2 aromatic carbocycles. The zero-order chi connectivity index (χ0) is 22.1. The molecule has 0 aromatic heterocycles. The molecule has 32 heavy (non-hydrogen) atoms. The van der Waals surface area contributed by atoms with Crippen molar-refractivity contribution in [2.45, 2.75) is 19.8 Å². The van der Waals surface area contributed by atoms with Crippen LogP contribution in [0, 0.1) is 6.92 Å². The molecule has 164 valence electrons. The van der Waals surface area contributed by atoms with Crippen LogP contribution in [0.1, 0.15) is 24.0 Å². The minimum Gasteiger partial charge on any atom is -0.454 e. The second-order valence-corrected chi connectivity index (χ2v) is 8.83. The van der Waals surface area contributed by atoms with Gasteiger partial charge in [-0.25, -0.2) is 4.99 Å². The Labute approximate surface area is 190 Å². The summed E-state index contributed by atoms with van der Waals surface area (Å²) in [4.78, 5) is 34.0. The standard InChI is InChI=1S/C24H23N3O4S/c1-16-4-7-18(8-5-16)27-23(29)19(12-17-6-9-20-21(13-17)31-15-30-20)25-24(27)32-14-22(28)26-10-2-3-11-26/h4-9,12-13H,2-3,10-11,14-15H2,1H3/b19-12+. The van der Waals surface area contributed by atoms with E-state index in [1.807, 2.05) is 54.3 Å². The lowest BCUT2D eigenvalue weighted by Crippen LogP contribution is -2.33. The van der Waals surface area contributed by atoms with E-state index in [0.29, 0.717) is 22.4 Å². The maximum absolute atomic E-state index is 13.3. The average molecular weight is 450 g/mol. The number of carbonyl (C=O) groups is 2. The average Bonchev–Trinajstić information content (AvgIpc) is 3.54. The highest BCUT2D eigenvalue weighted by molar-refractivity contribution is 8.14. The Hall–Kier alpha value is -3.26. The highest BCUT2D eigenvalue weighted by Crippen LogP contribution is 2.34. The summed E-state index contributed by atoms with van der Waals surface area (Å²) in [5, 5.41) is 0.512. The minimum absolute atomic E-state index is 0.0831. The van der Waals surface area contributed by atoms with Crippen LogP contribution in [0.5, 0.6) is 11.5 Å². The second-order valence-electron chi connectivity index (χ2n) is 7.89. The van der Waals surface area contributed by atoms with Gasteiger partial charge in [0.25, 0.3) is 5.91 Å². The van der Waals surface area contributed by atoms with E-state index in [2.05, 4.69) is 4.99 Å². The number of likely N-dealkylation sites (tertiary alicyclic amines) is 1. The minimum atomic E-state index is -0.220. The van der Waals surface area contributed by atoms with Gasteiger partial charge in [-0.3, -0.25) is 14.5 Å². The number of nitrogens with zero attached hydrogens (tertiary/aromatic N) is 3. The van der Waals surface area contributed by atoms with Crippen molar-refractivity contribution in [3.63, 3.8) is 0 Å². The van der Waals surface area contributed by atoms with Crippen LogP contribution >= 0.6 is 11.8 Å². The molecule has 7 nitrogen and oxygen atoms in total. The fourth-order valence-corrected chi connectivity index (χ4v) is 4.77. The van der Waals surface area contributed by atoms with E-state index >= 15 is 0 Å². The van der Waals surface area contributed by atoms with Gasteiger partial charge in [-0.2, -0.15) is 0 Å². The Kier molecular flexibility index (Phi) is 5.61. The van der Waals surface area contributed by atoms with Gasteiger partial charge < -0.3 is 14.4 Å². The molecular weight excluding hydrogens is 426 g/mol. The third-order valence-corrected chi connectivity index (χ3v) is 6.53. The van der Waals surface area contributed by atoms with E-state index in [-0.39, 0.29) is 24.4 Å². The van der Waals surface area contributed by atoms with Gasteiger partial charge in [-0.1, -0.05) is 35.5 Å². The second kappa shape index (κ2) is 8.70. The number of amidine groups is 1. The lowest BCUT2D eigenvalue weighted by Gasteiger charge is -2.19. The van der Waals surface area contributed by atoms with Crippen LogP contribution in [0.4, 0.5) is 5.69 Å². The van der Waals surface area contributed by atoms with Crippen molar-refractivity contribution >= 4 is 40.5 Å². The first kappa shape index (κ1) is 20.6. The van der Waals surface area contributed by atoms with Gasteiger partial charge in [0, 0.05) is 13.1 Å². The molecule has 0 bridgehead atoms. The van der Waals surface area contributed by atoms with Crippen LogP contribution in [-0.2, 0) is 9.59 Å². The van der Waals surface area contributed by atoms with Crippen molar-refractivity contribution in [1.29, 1.82) is 0 Å². The van der Waals surface area contributed by atoms with Gasteiger partial charge in [0.2, 0.25) is 12.7 Å². The maximum Gasteiger partial charge on any atom is 0.283 e. The smallest absolute Gasteiger partial charge is 0.283 e. The summed E-state index contributed by atoms with van der Waals surface area (Å²) >= 11 is 1.30. The predicted molar refractivity (Wildman–Crippen MR) is 125 cm³/mol. The molecule has 0 aliphatic carbocycles. The molecule has 0 unspecified atom stereocenters. The first-order valence-corrected chi connectivity index (χ1v) is 11.6. The summed E-state index contributed by atoms with van der Waals surface area (Å²) in [6, 6.07) is 13.2. The van der Waals surface area contributed by atoms with Crippen molar-refractivity contribution in [2.24, 2.45) is 4.99 Å². The molecule has 8 heteroatoms. The number of aryl methyl sites for hydroxylation is 1. The molecule has 0 spiro atoms. The van der Waals surface area contributed by atoms with Gasteiger partial charge in [-0.05, 0) is 55.7 Å². The molecule has 2 amide bonds. The van der Waals surface area contributed by atoms with E-state index in [9.17, 15) is 9.59 Å². The number of amides is 2. The normalized spacial score (nSPS) is 18.6. The molecular formula is C24H23N3O4S. The molecule has 0 N–H and O–H groups in total. The highest BCUT2D eigenvalue weighted by atomic mass is 32.2. The van der Waals surface area contributed by atoms with E-state index in [1.165, 1.54) is 11.8 Å². The Morgan fingerprint density at radius 2 is 1.84 bits per heavy atom. The molecule has 3 aliphatic heterocycles. The van der Waals surface area contributed by atoms with E-state index in [4.69, 9.17) is 9.47 Å². The van der Waals surface area contributed by atoms with Crippen molar-refractivity contribution in [2.75, 3.05) is 30.5 Å². The molecule has 0 radical (unpaired) electrons. The Morgan fingerprint density at radius 3 is 2.62 bits per heavy atom. The van der Waals surface area contributed by atoms with E-state index in [1.54, 1.807) is 11.0 Å².